The molecule has 25 heavy (non-hydrogen) atoms. The maximum atomic E-state index is 12.3. The zero-order valence-electron chi connectivity index (χ0n) is 15.1. The average Bonchev–Trinajstić information content (AvgIpc) is 3.47. The Morgan fingerprint density at radius 1 is 0.880 bits per heavy atom. The molecule has 1 saturated carbocycles. The van der Waals surface area contributed by atoms with Gasteiger partial charge >= 0.3 is 6.03 Å². The van der Waals surface area contributed by atoms with E-state index in [2.05, 4.69) is 38.6 Å². The van der Waals surface area contributed by atoms with E-state index >= 15 is 0 Å². The van der Waals surface area contributed by atoms with Gasteiger partial charge in [-0.25, -0.2) is 4.79 Å². The summed E-state index contributed by atoms with van der Waals surface area (Å²) in [5, 5.41) is 6.19. The summed E-state index contributed by atoms with van der Waals surface area (Å²) in [6.07, 6.45) is 9.87. The molecule has 3 fully saturated rings. The fourth-order valence-electron chi connectivity index (χ4n) is 3.95. The van der Waals surface area contributed by atoms with Crippen LogP contribution < -0.4 is 20.4 Å². The number of rotatable bonds is 4. The molecule has 2 aliphatic heterocycles. The number of amides is 2. The quantitative estimate of drug-likeness (QED) is 0.871. The van der Waals surface area contributed by atoms with Crippen LogP contribution in [0.25, 0.3) is 0 Å². The fourth-order valence-corrected chi connectivity index (χ4v) is 3.95. The third-order valence-corrected chi connectivity index (χ3v) is 5.56. The van der Waals surface area contributed by atoms with Crippen LogP contribution >= 0.6 is 0 Å². The molecule has 136 valence electrons. The SMILES string of the molecule is O=C(Nc1cc(N2CCCCC2)ccc1N1CCCCC1)NC1CC1. The van der Waals surface area contributed by atoms with Gasteiger partial charge in [0.05, 0.1) is 11.4 Å². The molecule has 1 aromatic rings. The lowest BCUT2D eigenvalue weighted by atomic mass is 10.1. The van der Waals surface area contributed by atoms with Crippen molar-refractivity contribution in [1.82, 2.24) is 5.32 Å². The first-order valence-electron chi connectivity index (χ1n) is 10.0. The molecule has 3 aliphatic rings. The van der Waals surface area contributed by atoms with Gasteiger partial charge in [0.25, 0.3) is 0 Å². The van der Waals surface area contributed by atoms with Crippen molar-refractivity contribution in [3.63, 3.8) is 0 Å². The molecule has 2 saturated heterocycles. The number of hydrogen-bond donors (Lipinski definition) is 2. The molecule has 5 nitrogen and oxygen atoms in total. The Balaban J connectivity index is 1.56. The van der Waals surface area contributed by atoms with Gasteiger partial charge < -0.3 is 20.4 Å². The molecule has 5 heteroatoms. The van der Waals surface area contributed by atoms with E-state index in [1.807, 2.05) is 0 Å². The predicted octanol–water partition coefficient (Wildman–Crippen LogP) is 3.95. The Morgan fingerprint density at radius 2 is 1.52 bits per heavy atom. The molecule has 1 aromatic carbocycles. The van der Waals surface area contributed by atoms with E-state index in [4.69, 9.17) is 0 Å². The molecule has 2 amide bonds. The number of anilines is 3. The average molecular weight is 342 g/mol. The molecule has 0 radical (unpaired) electrons. The monoisotopic (exact) mass is 342 g/mol. The highest BCUT2D eigenvalue weighted by molar-refractivity contribution is 5.94. The van der Waals surface area contributed by atoms with Crippen LogP contribution in [-0.2, 0) is 0 Å². The molecule has 0 atom stereocenters. The van der Waals surface area contributed by atoms with Crippen molar-refractivity contribution in [1.29, 1.82) is 0 Å². The van der Waals surface area contributed by atoms with E-state index in [1.165, 1.54) is 49.9 Å². The molecule has 0 aromatic heterocycles. The van der Waals surface area contributed by atoms with Gasteiger partial charge in [-0.1, -0.05) is 0 Å². The van der Waals surface area contributed by atoms with Crippen molar-refractivity contribution < 1.29 is 4.79 Å². The molecular formula is C20H30N4O. The van der Waals surface area contributed by atoms with E-state index in [9.17, 15) is 4.79 Å². The number of nitrogens with one attached hydrogen (secondary N) is 2. The summed E-state index contributed by atoms with van der Waals surface area (Å²) in [7, 11) is 0. The van der Waals surface area contributed by atoms with Crippen molar-refractivity contribution in [2.75, 3.05) is 41.3 Å². The van der Waals surface area contributed by atoms with E-state index in [-0.39, 0.29) is 6.03 Å². The number of carbonyl (C=O) groups excluding carboxylic acids is 1. The minimum absolute atomic E-state index is 0.0587. The number of piperidine rings is 2. The first-order chi connectivity index (χ1) is 12.3. The molecule has 2 N–H and O–H groups in total. The Hall–Kier alpha value is -1.91. The van der Waals surface area contributed by atoms with Crippen molar-refractivity contribution in [2.24, 2.45) is 0 Å². The maximum absolute atomic E-state index is 12.3. The summed E-state index contributed by atoms with van der Waals surface area (Å²) in [5.74, 6) is 0. The van der Waals surface area contributed by atoms with Crippen molar-refractivity contribution in [3.05, 3.63) is 18.2 Å². The lowest BCUT2D eigenvalue weighted by Crippen LogP contribution is -2.34. The standard InChI is InChI=1S/C20H30N4O/c25-20(21-16-7-8-16)22-18-15-17(23-11-3-1-4-12-23)9-10-19(18)24-13-5-2-6-14-24/h9-10,15-16H,1-8,11-14H2,(H2,21,22,25). The summed E-state index contributed by atoms with van der Waals surface area (Å²) < 4.78 is 0. The first-order valence-corrected chi connectivity index (χ1v) is 10.0. The highest BCUT2D eigenvalue weighted by Gasteiger charge is 2.24. The van der Waals surface area contributed by atoms with Crippen LogP contribution in [0.1, 0.15) is 51.4 Å². The highest BCUT2D eigenvalue weighted by Crippen LogP contribution is 2.33. The number of carbonyl (C=O) groups is 1. The van der Waals surface area contributed by atoms with E-state index in [0.717, 1.165) is 44.7 Å². The first kappa shape index (κ1) is 16.6. The number of nitrogens with zero attached hydrogens (tertiary/aromatic N) is 2. The highest BCUT2D eigenvalue weighted by atomic mass is 16.2. The van der Waals surface area contributed by atoms with E-state index in [1.54, 1.807) is 0 Å². The van der Waals surface area contributed by atoms with E-state index in [0.29, 0.717) is 6.04 Å². The topological polar surface area (TPSA) is 47.6 Å². The number of benzene rings is 1. The Bertz CT molecular complexity index is 602. The molecule has 0 spiro atoms. The van der Waals surface area contributed by atoms with Gasteiger partial charge in [-0.3, -0.25) is 0 Å². The van der Waals surface area contributed by atoms with Crippen molar-refractivity contribution in [2.45, 2.75) is 57.4 Å². The van der Waals surface area contributed by atoms with Crippen LogP contribution in [0.3, 0.4) is 0 Å². The van der Waals surface area contributed by atoms with Gasteiger partial charge in [0.2, 0.25) is 0 Å². The third-order valence-electron chi connectivity index (χ3n) is 5.56. The fraction of sp³-hybridized carbons (Fsp3) is 0.650. The van der Waals surface area contributed by atoms with Crippen molar-refractivity contribution in [3.8, 4) is 0 Å². The van der Waals surface area contributed by atoms with Gasteiger partial charge in [0.1, 0.15) is 0 Å². The van der Waals surface area contributed by atoms with Crippen LogP contribution in [0, 0.1) is 0 Å². The maximum Gasteiger partial charge on any atom is 0.319 e. The second kappa shape index (κ2) is 7.54. The molecule has 1 aliphatic carbocycles. The summed E-state index contributed by atoms with van der Waals surface area (Å²) in [4.78, 5) is 17.2. The summed E-state index contributed by atoms with van der Waals surface area (Å²) in [6.45, 7) is 4.41. The smallest absolute Gasteiger partial charge is 0.319 e. The van der Waals surface area contributed by atoms with Crippen LogP contribution in [0.5, 0.6) is 0 Å². The van der Waals surface area contributed by atoms with Gasteiger partial charge in [-0.2, -0.15) is 0 Å². The van der Waals surface area contributed by atoms with Crippen LogP contribution in [0.2, 0.25) is 0 Å². The zero-order valence-corrected chi connectivity index (χ0v) is 15.1. The Labute approximate surface area is 150 Å². The second-order valence-electron chi connectivity index (χ2n) is 7.67. The molecule has 4 rings (SSSR count). The Morgan fingerprint density at radius 3 is 2.16 bits per heavy atom. The number of urea groups is 1. The zero-order chi connectivity index (χ0) is 17.1. The molecular weight excluding hydrogens is 312 g/mol. The lowest BCUT2D eigenvalue weighted by molar-refractivity contribution is 0.251. The Kier molecular flexibility index (Phi) is 4.99. The number of hydrogen-bond acceptors (Lipinski definition) is 3. The van der Waals surface area contributed by atoms with Gasteiger partial charge in [-0.05, 0) is 69.6 Å². The van der Waals surface area contributed by atoms with Crippen LogP contribution in [0.15, 0.2) is 18.2 Å². The van der Waals surface area contributed by atoms with Crippen molar-refractivity contribution >= 4 is 23.1 Å². The summed E-state index contributed by atoms with van der Waals surface area (Å²) in [5.41, 5.74) is 3.37. The largest absolute Gasteiger partial charge is 0.371 e. The summed E-state index contributed by atoms with van der Waals surface area (Å²) >= 11 is 0. The van der Waals surface area contributed by atoms with Gasteiger partial charge in [0, 0.05) is 37.9 Å². The lowest BCUT2D eigenvalue weighted by Gasteiger charge is -2.33. The third kappa shape index (κ3) is 4.20. The van der Waals surface area contributed by atoms with Crippen LogP contribution in [-0.4, -0.2) is 38.3 Å². The van der Waals surface area contributed by atoms with Gasteiger partial charge in [-0.15, -0.1) is 0 Å². The summed E-state index contributed by atoms with van der Waals surface area (Å²) in [6, 6.07) is 6.95. The van der Waals surface area contributed by atoms with Gasteiger partial charge in [0.15, 0.2) is 0 Å². The predicted molar refractivity (Wildman–Crippen MR) is 104 cm³/mol. The second-order valence-corrected chi connectivity index (χ2v) is 7.67. The molecule has 2 heterocycles. The van der Waals surface area contributed by atoms with E-state index < -0.39 is 0 Å². The normalized spacial score (nSPS) is 21.1. The van der Waals surface area contributed by atoms with Crippen LogP contribution in [0.4, 0.5) is 21.9 Å². The minimum atomic E-state index is -0.0587. The molecule has 0 bridgehead atoms. The molecule has 0 unspecified atom stereocenters. The minimum Gasteiger partial charge on any atom is -0.371 e.